The number of halogens is 1. The number of hydrogen-bond acceptors (Lipinski definition) is 6. The molecule has 4 heterocycles. The minimum Gasteiger partial charge on any atom is -0.491 e. The van der Waals surface area contributed by atoms with Gasteiger partial charge in [-0.15, -0.1) is 4.80 Å². The van der Waals surface area contributed by atoms with Crippen LogP contribution in [0.4, 0.5) is 4.39 Å². The maximum Gasteiger partial charge on any atom is 0.277 e. The zero-order chi connectivity index (χ0) is 21.5. The number of hydrogen-bond donors (Lipinski definition) is 0. The van der Waals surface area contributed by atoms with Crippen LogP contribution in [0.3, 0.4) is 0 Å². The van der Waals surface area contributed by atoms with Gasteiger partial charge in [0, 0.05) is 6.04 Å². The van der Waals surface area contributed by atoms with Gasteiger partial charge in [-0.1, -0.05) is 6.92 Å². The second-order valence-corrected chi connectivity index (χ2v) is 8.29. The smallest absolute Gasteiger partial charge is 0.277 e. The monoisotopic (exact) mass is 422 g/mol. The Morgan fingerprint density at radius 2 is 1.90 bits per heavy atom. The Balaban J connectivity index is 1.45. The number of piperidine rings is 2. The number of benzene rings is 1. The van der Waals surface area contributed by atoms with Gasteiger partial charge in [0.15, 0.2) is 5.69 Å². The first-order valence-corrected chi connectivity index (χ1v) is 10.4. The number of nitrogens with zero attached hydrogens (tertiary/aromatic N) is 6. The Labute approximate surface area is 179 Å². The average molecular weight is 422 g/mol. The van der Waals surface area contributed by atoms with Crippen LogP contribution in [-0.4, -0.2) is 54.5 Å². The first-order valence-electron chi connectivity index (χ1n) is 10.4. The Bertz CT molecular complexity index is 1080. The van der Waals surface area contributed by atoms with Crippen molar-refractivity contribution in [2.24, 2.45) is 11.8 Å². The predicted molar refractivity (Wildman–Crippen MR) is 109 cm³/mol. The molecule has 1 saturated carbocycles. The van der Waals surface area contributed by atoms with Gasteiger partial charge >= 0.3 is 0 Å². The summed E-state index contributed by atoms with van der Waals surface area (Å²) in [6.45, 7) is 4.30. The lowest BCUT2D eigenvalue weighted by Crippen LogP contribution is -2.64. The number of fused-ring (bicyclic) bond motifs is 2. The van der Waals surface area contributed by atoms with Gasteiger partial charge in [0.25, 0.3) is 5.91 Å². The summed E-state index contributed by atoms with van der Waals surface area (Å²) in [7, 11) is 0. The SMILES string of the molecule is Cc1cnc(-n2nccn2)c(C(=O)N2C3CC(C3)C(C)C2COc2ccc(F)cc2)n1. The van der Waals surface area contributed by atoms with E-state index in [1.54, 1.807) is 25.3 Å². The van der Waals surface area contributed by atoms with Crippen molar-refractivity contribution in [1.82, 2.24) is 29.9 Å². The standard InChI is InChI=1S/C22H23FN6O2/c1-13-11-24-21(29-25-7-8-26-29)20(27-13)22(30)28-17-9-15(10-17)14(2)19(28)12-31-18-5-3-16(23)4-6-18/h3-8,11,14-15,17,19H,9-10,12H2,1-2H3. The molecule has 0 radical (unpaired) electrons. The van der Waals surface area contributed by atoms with E-state index in [2.05, 4.69) is 27.1 Å². The third kappa shape index (κ3) is 3.54. The van der Waals surface area contributed by atoms with E-state index >= 15 is 0 Å². The molecule has 2 saturated heterocycles. The van der Waals surface area contributed by atoms with Crippen LogP contribution in [-0.2, 0) is 0 Å². The number of aromatic nitrogens is 5. The van der Waals surface area contributed by atoms with Crippen molar-refractivity contribution in [1.29, 1.82) is 0 Å². The Kier molecular flexibility index (Phi) is 4.88. The highest BCUT2D eigenvalue weighted by atomic mass is 19.1. The number of rotatable bonds is 5. The molecular weight excluding hydrogens is 399 g/mol. The fraction of sp³-hybridized carbons (Fsp3) is 0.409. The van der Waals surface area contributed by atoms with Crippen LogP contribution in [0.2, 0.25) is 0 Å². The van der Waals surface area contributed by atoms with Crippen molar-refractivity contribution in [3.63, 3.8) is 0 Å². The summed E-state index contributed by atoms with van der Waals surface area (Å²) < 4.78 is 19.2. The number of carbonyl (C=O) groups excluding carboxylic acids is 1. The Hall–Kier alpha value is -3.36. The number of amides is 1. The summed E-state index contributed by atoms with van der Waals surface area (Å²) in [6.07, 6.45) is 6.63. The zero-order valence-electron chi connectivity index (χ0n) is 17.3. The Morgan fingerprint density at radius 3 is 2.61 bits per heavy atom. The molecule has 0 N–H and O–H groups in total. The molecular formula is C22H23FN6O2. The molecule has 2 unspecified atom stereocenters. The maximum atomic E-state index is 13.8. The molecule has 160 valence electrons. The number of carbonyl (C=O) groups is 1. The summed E-state index contributed by atoms with van der Waals surface area (Å²) in [5.74, 6) is 1.25. The second kappa shape index (κ2) is 7.72. The summed E-state index contributed by atoms with van der Waals surface area (Å²) in [5.41, 5.74) is 0.885. The molecule has 8 nitrogen and oxygen atoms in total. The highest BCUT2D eigenvalue weighted by Crippen LogP contribution is 2.47. The van der Waals surface area contributed by atoms with Gasteiger partial charge in [-0.3, -0.25) is 4.79 Å². The summed E-state index contributed by atoms with van der Waals surface area (Å²) in [6, 6.07) is 5.97. The molecule has 2 bridgehead atoms. The van der Waals surface area contributed by atoms with E-state index in [4.69, 9.17) is 4.74 Å². The van der Waals surface area contributed by atoms with Gasteiger partial charge < -0.3 is 9.64 Å². The molecule has 0 spiro atoms. The predicted octanol–water partition coefficient (Wildman–Crippen LogP) is 2.82. The number of ether oxygens (including phenoxy) is 1. The van der Waals surface area contributed by atoms with E-state index < -0.39 is 0 Å². The molecule has 2 aromatic heterocycles. The Morgan fingerprint density at radius 1 is 1.19 bits per heavy atom. The van der Waals surface area contributed by atoms with Gasteiger partial charge in [-0.2, -0.15) is 10.2 Å². The third-order valence-electron chi connectivity index (χ3n) is 6.40. The van der Waals surface area contributed by atoms with Crippen LogP contribution in [0.5, 0.6) is 5.75 Å². The molecule has 1 aliphatic carbocycles. The van der Waals surface area contributed by atoms with Gasteiger partial charge in [0.2, 0.25) is 5.82 Å². The largest absolute Gasteiger partial charge is 0.491 e. The number of aryl methyl sites for hydroxylation is 1. The van der Waals surface area contributed by atoms with Crippen LogP contribution < -0.4 is 4.74 Å². The molecule has 1 amide bonds. The van der Waals surface area contributed by atoms with Crippen molar-refractivity contribution in [2.45, 2.75) is 38.8 Å². The molecule has 31 heavy (non-hydrogen) atoms. The van der Waals surface area contributed by atoms with Crippen LogP contribution in [0.15, 0.2) is 42.9 Å². The lowest BCUT2D eigenvalue weighted by molar-refractivity contribution is -0.0673. The zero-order valence-corrected chi connectivity index (χ0v) is 17.3. The van der Waals surface area contributed by atoms with E-state index in [1.165, 1.54) is 29.3 Å². The van der Waals surface area contributed by atoms with E-state index in [-0.39, 0.29) is 35.4 Å². The lowest BCUT2D eigenvalue weighted by atomic mass is 9.64. The summed E-state index contributed by atoms with van der Waals surface area (Å²) in [4.78, 5) is 25.9. The minimum absolute atomic E-state index is 0.115. The van der Waals surface area contributed by atoms with Crippen molar-refractivity contribution in [3.8, 4) is 11.6 Å². The molecule has 3 fully saturated rings. The van der Waals surface area contributed by atoms with Gasteiger partial charge in [0.1, 0.15) is 18.2 Å². The van der Waals surface area contributed by atoms with Gasteiger partial charge in [-0.25, -0.2) is 14.4 Å². The van der Waals surface area contributed by atoms with E-state index in [9.17, 15) is 9.18 Å². The quantitative estimate of drug-likeness (QED) is 0.629. The molecule has 3 aromatic rings. The molecule has 2 aliphatic heterocycles. The van der Waals surface area contributed by atoms with Crippen molar-refractivity contribution >= 4 is 5.91 Å². The van der Waals surface area contributed by atoms with Crippen LogP contribution in [0.25, 0.3) is 5.82 Å². The van der Waals surface area contributed by atoms with E-state index in [0.717, 1.165) is 12.8 Å². The third-order valence-corrected chi connectivity index (χ3v) is 6.40. The average Bonchev–Trinajstić information content (AvgIpc) is 3.27. The summed E-state index contributed by atoms with van der Waals surface area (Å²) in [5, 5.41) is 8.25. The first-order chi connectivity index (χ1) is 15.0. The topological polar surface area (TPSA) is 86.0 Å². The highest BCUT2D eigenvalue weighted by molar-refractivity contribution is 5.95. The van der Waals surface area contributed by atoms with Crippen LogP contribution >= 0.6 is 0 Å². The van der Waals surface area contributed by atoms with Crippen LogP contribution in [0, 0.1) is 24.6 Å². The molecule has 2 atom stereocenters. The van der Waals surface area contributed by atoms with Crippen molar-refractivity contribution in [3.05, 3.63) is 60.1 Å². The minimum atomic E-state index is -0.311. The maximum absolute atomic E-state index is 13.8. The molecule has 6 rings (SSSR count). The lowest BCUT2D eigenvalue weighted by Gasteiger charge is -2.57. The van der Waals surface area contributed by atoms with Gasteiger partial charge in [-0.05, 0) is 55.9 Å². The second-order valence-electron chi connectivity index (χ2n) is 8.29. The van der Waals surface area contributed by atoms with Crippen molar-refractivity contribution in [2.75, 3.05) is 6.61 Å². The fourth-order valence-corrected chi connectivity index (χ4v) is 4.59. The van der Waals surface area contributed by atoms with E-state index in [1.807, 2.05) is 4.90 Å². The van der Waals surface area contributed by atoms with Crippen LogP contribution in [0.1, 0.15) is 35.9 Å². The first kappa shape index (κ1) is 19.6. The van der Waals surface area contributed by atoms with Crippen molar-refractivity contribution < 1.29 is 13.9 Å². The molecule has 9 heteroatoms. The molecule has 3 aliphatic rings. The fourth-order valence-electron chi connectivity index (χ4n) is 4.59. The summed E-state index contributed by atoms with van der Waals surface area (Å²) >= 11 is 0. The van der Waals surface area contributed by atoms with Gasteiger partial charge in [0.05, 0.1) is 30.3 Å². The normalized spacial score (nSPS) is 24.5. The highest BCUT2D eigenvalue weighted by Gasteiger charge is 2.51. The molecule has 1 aromatic carbocycles. The van der Waals surface area contributed by atoms with E-state index in [0.29, 0.717) is 29.8 Å².